The predicted octanol–water partition coefficient (Wildman–Crippen LogP) is 3.11. The minimum Gasteiger partial charge on any atom is -0.382 e. The van der Waals surface area contributed by atoms with Crippen molar-refractivity contribution in [2.75, 3.05) is 5.73 Å². The Morgan fingerprint density at radius 2 is 2.05 bits per heavy atom. The number of nitrogens with two attached hydrogens (primary N) is 1. The third-order valence-electron chi connectivity index (χ3n) is 2.43. The minimum absolute atomic E-state index is 0.0722. The summed E-state index contributed by atoms with van der Waals surface area (Å²) < 4.78 is 39.0. The summed E-state index contributed by atoms with van der Waals surface area (Å²) in [6.07, 6.45) is -3.17. The number of alkyl halides is 3. The quantitative estimate of drug-likeness (QED) is 0.873. The molecule has 0 fully saturated rings. The molecule has 0 radical (unpaired) electrons. The van der Waals surface area contributed by atoms with Crippen molar-refractivity contribution in [3.63, 3.8) is 0 Å². The van der Waals surface area contributed by atoms with Gasteiger partial charge in [0.15, 0.2) is 0 Å². The van der Waals surface area contributed by atoms with Crippen LogP contribution < -0.4 is 5.73 Å². The highest BCUT2D eigenvalue weighted by atomic mass is 79.9. The van der Waals surface area contributed by atoms with Crippen LogP contribution >= 0.6 is 15.9 Å². The fourth-order valence-corrected chi connectivity index (χ4v) is 2.04. The average molecular weight is 331 g/mol. The van der Waals surface area contributed by atoms with E-state index >= 15 is 0 Å². The molecule has 98 valence electrons. The van der Waals surface area contributed by atoms with Crippen LogP contribution in [0.25, 0.3) is 5.69 Å². The third kappa shape index (κ3) is 2.42. The summed E-state index contributed by atoms with van der Waals surface area (Å²) >= 11 is 3.04. The van der Waals surface area contributed by atoms with Gasteiger partial charge in [-0.2, -0.15) is 23.5 Å². The normalized spacial score (nSPS) is 11.3. The van der Waals surface area contributed by atoms with Crippen LogP contribution in [0.4, 0.5) is 19.0 Å². The summed E-state index contributed by atoms with van der Waals surface area (Å²) in [7, 11) is 0. The van der Waals surface area contributed by atoms with Crippen molar-refractivity contribution in [3.8, 4) is 11.8 Å². The van der Waals surface area contributed by atoms with E-state index < -0.39 is 11.7 Å². The Labute approximate surface area is 114 Å². The molecule has 0 atom stereocenters. The fourth-order valence-electron chi connectivity index (χ4n) is 1.49. The van der Waals surface area contributed by atoms with Gasteiger partial charge in [-0.15, -0.1) is 0 Å². The molecule has 0 aliphatic rings. The first-order valence-electron chi connectivity index (χ1n) is 4.95. The Morgan fingerprint density at radius 1 is 1.37 bits per heavy atom. The van der Waals surface area contributed by atoms with Crippen molar-refractivity contribution in [2.24, 2.45) is 0 Å². The van der Waals surface area contributed by atoms with Gasteiger partial charge in [-0.05, 0) is 34.1 Å². The third-order valence-corrected chi connectivity index (χ3v) is 3.07. The molecular formula is C11H6BrF3N4. The molecule has 0 aliphatic heterocycles. The molecule has 0 unspecified atom stereocenters. The molecule has 0 saturated heterocycles. The number of nitrogens with zero attached hydrogens (tertiary/aromatic N) is 3. The molecular weight excluding hydrogens is 325 g/mol. The topological polar surface area (TPSA) is 67.6 Å². The lowest BCUT2D eigenvalue weighted by molar-refractivity contribution is -0.137. The van der Waals surface area contributed by atoms with E-state index in [2.05, 4.69) is 21.0 Å². The van der Waals surface area contributed by atoms with Crippen LogP contribution in [0.5, 0.6) is 0 Å². The molecule has 8 heteroatoms. The maximum absolute atomic E-state index is 12.5. The van der Waals surface area contributed by atoms with Crippen molar-refractivity contribution in [3.05, 3.63) is 40.0 Å². The van der Waals surface area contributed by atoms with Crippen LogP contribution in [0.15, 0.2) is 28.9 Å². The Hall–Kier alpha value is -2.01. The first-order valence-corrected chi connectivity index (χ1v) is 5.74. The van der Waals surface area contributed by atoms with Gasteiger partial charge in [0.1, 0.15) is 17.5 Å². The number of benzene rings is 1. The van der Waals surface area contributed by atoms with E-state index in [4.69, 9.17) is 11.0 Å². The zero-order chi connectivity index (χ0) is 14.2. The van der Waals surface area contributed by atoms with Crippen molar-refractivity contribution in [1.29, 1.82) is 5.26 Å². The SMILES string of the molecule is N#Cc1cnn(-c2ccc(C(F)(F)F)cc2Br)c1N. The van der Waals surface area contributed by atoms with Gasteiger partial charge in [0.05, 0.1) is 17.4 Å². The average Bonchev–Trinajstić information content (AvgIpc) is 2.69. The molecule has 0 spiro atoms. The van der Waals surface area contributed by atoms with Gasteiger partial charge in [0.25, 0.3) is 0 Å². The van der Waals surface area contributed by atoms with E-state index in [1.54, 1.807) is 0 Å². The zero-order valence-electron chi connectivity index (χ0n) is 9.24. The molecule has 1 heterocycles. The Balaban J connectivity index is 2.53. The summed E-state index contributed by atoms with van der Waals surface area (Å²) in [6, 6.07) is 4.93. The Bertz CT molecular complexity index is 670. The largest absolute Gasteiger partial charge is 0.416 e. The van der Waals surface area contributed by atoms with Crippen molar-refractivity contribution in [1.82, 2.24) is 9.78 Å². The number of anilines is 1. The zero-order valence-corrected chi connectivity index (χ0v) is 10.8. The lowest BCUT2D eigenvalue weighted by Gasteiger charge is -2.11. The van der Waals surface area contributed by atoms with Crippen LogP contribution in [0.3, 0.4) is 0 Å². The van der Waals surface area contributed by atoms with Gasteiger partial charge in [-0.25, -0.2) is 4.68 Å². The van der Waals surface area contributed by atoms with E-state index in [1.165, 1.54) is 16.9 Å². The van der Waals surface area contributed by atoms with Gasteiger partial charge < -0.3 is 5.73 Å². The molecule has 1 aromatic carbocycles. The smallest absolute Gasteiger partial charge is 0.382 e. The lowest BCUT2D eigenvalue weighted by Crippen LogP contribution is -2.07. The van der Waals surface area contributed by atoms with E-state index in [0.29, 0.717) is 5.69 Å². The number of nitriles is 1. The first-order chi connectivity index (χ1) is 8.84. The summed E-state index contributed by atoms with van der Waals surface area (Å²) in [4.78, 5) is 0. The summed E-state index contributed by atoms with van der Waals surface area (Å²) in [5, 5.41) is 12.6. The second-order valence-corrected chi connectivity index (χ2v) is 4.49. The van der Waals surface area contributed by atoms with E-state index in [1.807, 2.05) is 6.07 Å². The molecule has 0 aliphatic carbocycles. The molecule has 2 rings (SSSR count). The fraction of sp³-hybridized carbons (Fsp3) is 0.0909. The van der Waals surface area contributed by atoms with Crippen LogP contribution in [-0.4, -0.2) is 9.78 Å². The molecule has 1 aromatic heterocycles. The van der Waals surface area contributed by atoms with E-state index in [9.17, 15) is 13.2 Å². The molecule has 0 amide bonds. The minimum atomic E-state index is -4.42. The Kier molecular flexibility index (Phi) is 3.24. The predicted molar refractivity (Wildman–Crippen MR) is 65.4 cm³/mol. The van der Waals surface area contributed by atoms with Gasteiger partial charge in [0.2, 0.25) is 0 Å². The monoisotopic (exact) mass is 330 g/mol. The number of aromatic nitrogens is 2. The number of hydrogen-bond donors (Lipinski definition) is 1. The summed E-state index contributed by atoms with van der Waals surface area (Å²) in [5.41, 5.74) is 5.38. The van der Waals surface area contributed by atoms with E-state index in [0.717, 1.165) is 12.1 Å². The second kappa shape index (κ2) is 4.59. The van der Waals surface area contributed by atoms with Gasteiger partial charge >= 0.3 is 6.18 Å². The van der Waals surface area contributed by atoms with E-state index in [-0.39, 0.29) is 15.9 Å². The number of rotatable bonds is 1. The highest BCUT2D eigenvalue weighted by Crippen LogP contribution is 2.33. The first kappa shape index (κ1) is 13.4. The number of nitrogen functional groups attached to an aromatic ring is 1. The molecule has 2 N–H and O–H groups in total. The summed E-state index contributed by atoms with van der Waals surface area (Å²) in [6.45, 7) is 0. The number of hydrogen-bond acceptors (Lipinski definition) is 3. The number of halogens is 4. The Morgan fingerprint density at radius 3 is 2.53 bits per heavy atom. The molecule has 2 aromatic rings. The van der Waals surface area contributed by atoms with Crippen molar-refractivity contribution >= 4 is 21.7 Å². The van der Waals surface area contributed by atoms with Crippen molar-refractivity contribution < 1.29 is 13.2 Å². The van der Waals surface area contributed by atoms with Crippen LogP contribution in [-0.2, 0) is 6.18 Å². The van der Waals surface area contributed by atoms with Crippen LogP contribution in [0.1, 0.15) is 11.1 Å². The molecule has 19 heavy (non-hydrogen) atoms. The molecule has 0 bridgehead atoms. The maximum Gasteiger partial charge on any atom is 0.416 e. The highest BCUT2D eigenvalue weighted by molar-refractivity contribution is 9.10. The molecule has 4 nitrogen and oxygen atoms in total. The second-order valence-electron chi connectivity index (χ2n) is 3.63. The molecule has 0 saturated carbocycles. The highest BCUT2D eigenvalue weighted by Gasteiger charge is 2.31. The lowest BCUT2D eigenvalue weighted by atomic mass is 10.2. The standard InChI is InChI=1S/C11H6BrF3N4/c12-8-3-7(11(13,14)15)1-2-9(8)19-10(17)6(4-16)5-18-19/h1-3,5H,17H2. The van der Waals surface area contributed by atoms with Gasteiger partial charge in [-0.3, -0.25) is 0 Å². The van der Waals surface area contributed by atoms with Gasteiger partial charge in [0, 0.05) is 4.47 Å². The van der Waals surface area contributed by atoms with Crippen LogP contribution in [0.2, 0.25) is 0 Å². The van der Waals surface area contributed by atoms with Crippen LogP contribution in [0, 0.1) is 11.3 Å². The maximum atomic E-state index is 12.5. The van der Waals surface area contributed by atoms with Crippen molar-refractivity contribution in [2.45, 2.75) is 6.18 Å². The van der Waals surface area contributed by atoms with Gasteiger partial charge in [-0.1, -0.05) is 0 Å². The summed E-state index contributed by atoms with van der Waals surface area (Å²) in [5.74, 6) is 0.0722.